The number of nitrogens with one attached hydrogen (secondary N) is 1. The van der Waals surface area contributed by atoms with Gasteiger partial charge in [-0.1, -0.05) is 0 Å². The number of fused-ring (bicyclic) bond motifs is 1. The highest BCUT2D eigenvalue weighted by atomic mass is 16.4. The highest BCUT2D eigenvalue weighted by molar-refractivity contribution is 5.95. The minimum absolute atomic E-state index is 0.0451. The van der Waals surface area contributed by atoms with Gasteiger partial charge in [-0.25, -0.2) is 4.79 Å². The van der Waals surface area contributed by atoms with Crippen LogP contribution in [0.15, 0.2) is 33.5 Å². The molecule has 0 spiro atoms. The first kappa shape index (κ1) is 30.1. The zero-order valence-corrected chi connectivity index (χ0v) is 20.8. The average Bonchev–Trinajstić information content (AvgIpc) is 2.79. The van der Waals surface area contributed by atoms with Gasteiger partial charge >= 0.3 is 23.5 Å². The molecule has 2 rings (SSSR count). The maximum absolute atomic E-state index is 12.6. The van der Waals surface area contributed by atoms with Gasteiger partial charge in [0.1, 0.15) is 11.9 Å². The van der Waals surface area contributed by atoms with E-state index in [4.69, 9.17) is 14.6 Å². The van der Waals surface area contributed by atoms with Crippen LogP contribution in [0.3, 0.4) is 0 Å². The second-order valence-electron chi connectivity index (χ2n) is 8.58. The Bertz CT molecular complexity index is 1210. The minimum atomic E-state index is -1.20. The summed E-state index contributed by atoms with van der Waals surface area (Å²) in [7, 11) is 0. The van der Waals surface area contributed by atoms with Crippen LogP contribution in [-0.2, 0) is 24.0 Å². The summed E-state index contributed by atoms with van der Waals surface area (Å²) in [5.41, 5.74) is 0.835. The van der Waals surface area contributed by atoms with E-state index in [1.54, 1.807) is 24.0 Å². The Morgan fingerprint density at radius 1 is 0.842 bits per heavy atom. The van der Waals surface area contributed by atoms with E-state index in [-0.39, 0.29) is 39.3 Å². The number of aldehydes is 1. The van der Waals surface area contributed by atoms with Crippen molar-refractivity contribution < 1.29 is 43.7 Å². The summed E-state index contributed by atoms with van der Waals surface area (Å²) < 4.78 is 5.17. The van der Waals surface area contributed by atoms with Gasteiger partial charge in [0.15, 0.2) is 0 Å². The van der Waals surface area contributed by atoms with E-state index < -0.39 is 49.1 Å². The Morgan fingerprint density at radius 2 is 1.37 bits per heavy atom. The molecule has 0 saturated carbocycles. The summed E-state index contributed by atoms with van der Waals surface area (Å²) in [6.45, 7) is 0.393. The predicted molar refractivity (Wildman–Crippen MR) is 134 cm³/mol. The van der Waals surface area contributed by atoms with Gasteiger partial charge in [0.2, 0.25) is 5.91 Å². The first-order valence-corrected chi connectivity index (χ1v) is 11.6. The Labute approximate surface area is 217 Å². The van der Waals surface area contributed by atoms with Gasteiger partial charge in [-0.15, -0.1) is 0 Å². The fourth-order valence-corrected chi connectivity index (χ4v) is 3.77. The minimum Gasteiger partial charge on any atom is -0.480 e. The zero-order valence-electron chi connectivity index (χ0n) is 20.8. The normalized spacial score (nSPS) is 11.3. The van der Waals surface area contributed by atoms with Crippen LogP contribution in [0.2, 0.25) is 0 Å². The van der Waals surface area contributed by atoms with Crippen molar-refractivity contribution in [1.29, 1.82) is 0 Å². The molecule has 14 nitrogen and oxygen atoms in total. The third-order valence-corrected chi connectivity index (χ3v) is 5.48. The number of carbonyl (C=O) groups is 5. The third kappa shape index (κ3) is 10.5. The van der Waals surface area contributed by atoms with Crippen LogP contribution in [0.4, 0.5) is 5.69 Å². The van der Waals surface area contributed by atoms with Gasteiger partial charge in [-0.3, -0.25) is 33.9 Å². The average molecular weight is 535 g/mol. The summed E-state index contributed by atoms with van der Waals surface area (Å²) in [6, 6.07) is 6.16. The molecule has 206 valence electrons. The number of anilines is 1. The molecule has 1 aromatic carbocycles. The van der Waals surface area contributed by atoms with Crippen molar-refractivity contribution >= 4 is 46.8 Å². The summed E-state index contributed by atoms with van der Waals surface area (Å²) in [6.07, 6.45) is 0.618. The maximum Gasteiger partial charge on any atom is 0.336 e. The van der Waals surface area contributed by atoms with Crippen LogP contribution < -0.4 is 10.9 Å². The number of aryl methyl sites for hydroxylation is 1. The third-order valence-electron chi connectivity index (χ3n) is 5.48. The molecule has 0 aliphatic heterocycles. The van der Waals surface area contributed by atoms with Crippen LogP contribution in [0.25, 0.3) is 11.0 Å². The molecule has 0 fully saturated rings. The number of carbonyl (C=O) groups excluding carboxylic acids is 2. The summed E-state index contributed by atoms with van der Waals surface area (Å²) in [4.78, 5) is 72.9. The highest BCUT2D eigenvalue weighted by Gasteiger charge is 2.18. The van der Waals surface area contributed by atoms with Crippen molar-refractivity contribution in [3.63, 3.8) is 0 Å². The molecule has 0 bridgehead atoms. The van der Waals surface area contributed by atoms with E-state index in [1.165, 1.54) is 21.9 Å². The van der Waals surface area contributed by atoms with Gasteiger partial charge < -0.3 is 29.8 Å². The molecule has 1 aromatic heterocycles. The van der Waals surface area contributed by atoms with Crippen LogP contribution >= 0.6 is 0 Å². The number of aliphatic carboxylic acids is 3. The predicted octanol–water partition coefficient (Wildman–Crippen LogP) is -0.601. The van der Waals surface area contributed by atoms with Crippen molar-refractivity contribution in [1.82, 2.24) is 14.7 Å². The Morgan fingerprint density at radius 3 is 1.89 bits per heavy atom. The lowest BCUT2D eigenvalue weighted by Crippen LogP contribution is -2.45. The zero-order chi connectivity index (χ0) is 28.2. The van der Waals surface area contributed by atoms with Crippen LogP contribution in [-0.4, -0.2) is 119 Å². The summed E-state index contributed by atoms with van der Waals surface area (Å²) in [5, 5.41) is 30.5. The smallest absolute Gasteiger partial charge is 0.336 e. The van der Waals surface area contributed by atoms with Gasteiger partial charge in [-0.2, -0.15) is 0 Å². The van der Waals surface area contributed by atoms with Crippen molar-refractivity contribution in [2.45, 2.75) is 6.92 Å². The molecule has 1 heterocycles. The van der Waals surface area contributed by atoms with Crippen molar-refractivity contribution in [2.24, 2.45) is 0 Å². The molecule has 0 atom stereocenters. The van der Waals surface area contributed by atoms with E-state index in [0.717, 1.165) is 5.56 Å². The number of rotatable bonds is 17. The number of carboxylic acid groups (broad SMARTS) is 3. The maximum atomic E-state index is 12.6. The standard InChI is InChI=1S/C24H30N4O10/c1-16-10-24(37)38-19-11-17(2-3-18(16)19)25-20(30)12-27(13-21(31)32)6-4-26(8-9-29)5-7-28(14-22(33)34)15-23(35)36/h2-3,9-11H,4-8,12-15H2,1H3,(H,25,30)(H,31,32)(H,33,34)(H,35,36). The van der Waals surface area contributed by atoms with E-state index in [0.29, 0.717) is 22.9 Å². The molecule has 14 heteroatoms. The number of amides is 1. The van der Waals surface area contributed by atoms with Gasteiger partial charge in [-0.05, 0) is 24.6 Å². The molecular weight excluding hydrogens is 504 g/mol. The van der Waals surface area contributed by atoms with E-state index in [1.807, 2.05) is 0 Å². The lowest BCUT2D eigenvalue weighted by Gasteiger charge is -2.27. The van der Waals surface area contributed by atoms with E-state index in [2.05, 4.69) is 5.32 Å². The fourth-order valence-electron chi connectivity index (χ4n) is 3.77. The van der Waals surface area contributed by atoms with Gasteiger partial charge in [0.05, 0.1) is 32.7 Å². The van der Waals surface area contributed by atoms with Crippen LogP contribution in [0.1, 0.15) is 5.56 Å². The number of benzene rings is 1. The molecule has 0 radical (unpaired) electrons. The lowest BCUT2D eigenvalue weighted by atomic mass is 10.1. The molecule has 2 aromatic rings. The molecule has 0 unspecified atom stereocenters. The Kier molecular flexibility index (Phi) is 11.5. The second-order valence-corrected chi connectivity index (χ2v) is 8.58. The van der Waals surface area contributed by atoms with Crippen LogP contribution in [0.5, 0.6) is 0 Å². The molecular formula is C24H30N4O10. The van der Waals surface area contributed by atoms with Crippen molar-refractivity contribution in [2.75, 3.05) is 64.2 Å². The molecule has 0 aliphatic carbocycles. The highest BCUT2D eigenvalue weighted by Crippen LogP contribution is 2.20. The quantitative estimate of drug-likeness (QED) is 0.148. The number of nitrogens with zero attached hydrogens (tertiary/aromatic N) is 3. The first-order valence-electron chi connectivity index (χ1n) is 11.6. The van der Waals surface area contributed by atoms with E-state index >= 15 is 0 Å². The Balaban J connectivity index is 2.01. The molecule has 38 heavy (non-hydrogen) atoms. The number of hydrogen-bond donors (Lipinski definition) is 4. The van der Waals surface area contributed by atoms with Crippen molar-refractivity contribution in [3.8, 4) is 0 Å². The molecule has 4 N–H and O–H groups in total. The van der Waals surface area contributed by atoms with Crippen LogP contribution in [0, 0.1) is 6.92 Å². The van der Waals surface area contributed by atoms with Crippen molar-refractivity contribution in [3.05, 3.63) is 40.2 Å². The SMILES string of the molecule is Cc1cc(=O)oc2cc(NC(=O)CN(CCN(CC=O)CCN(CC(=O)O)CC(=O)O)CC(=O)O)ccc12. The topological polar surface area (TPSA) is 198 Å². The first-order chi connectivity index (χ1) is 18.0. The largest absolute Gasteiger partial charge is 0.480 e. The lowest BCUT2D eigenvalue weighted by molar-refractivity contribution is -0.142. The fraction of sp³-hybridized carbons (Fsp3) is 0.417. The molecule has 0 saturated heterocycles. The molecule has 0 aliphatic rings. The summed E-state index contributed by atoms with van der Waals surface area (Å²) >= 11 is 0. The number of carboxylic acids is 3. The monoisotopic (exact) mass is 534 g/mol. The number of hydrogen-bond acceptors (Lipinski definition) is 10. The van der Waals surface area contributed by atoms with E-state index in [9.17, 15) is 33.9 Å². The van der Waals surface area contributed by atoms with Gasteiger partial charge in [0, 0.05) is 49.4 Å². The summed E-state index contributed by atoms with van der Waals surface area (Å²) in [5.74, 6) is -4.08. The Hall–Kier alpha value is -4.14. The second kappa shape index (κ2) is 14.6. The van der Waals surface area contributed by atoms with Gasteiger partial charge in [0.25, 0.3) is 0 Å². The molecule has 1 amide bonds.